The maximum absolute atomic E-state index is 13.8. The van der Waals surface area contributed by atoms with Crippen molar-refractivity contribution in [3.05, 3.63) is 83.5 Å². The lowest BCUT2D eigenvalue weighted by Crippen LogP contribution is -2.63. The molecular weight excluding hydrogens is 546 g/mol. The van der Waals surface area contributed by atoms with Crippen molar-refractivity contribution in [3.63, 3.8) is 0 Å². The minimum atomic E-state index is -1.42. The second kappa shape index (κ2) is 10.1. The molecule has 1 aliphatic heterocycles. The van der Waals surface area contributed by atoms with Gasteiger partial charge in [-0.3, -0.25) is 9.59 Å². The lowest BCUT2D eigenvalue weighted by atomic mass is 9.46. The fourth-order valence-corrected chi connectivity index (χ4v) is 9.48. The van der Waals surface area contributed by atoms with E-state index in [1.54, 1.807) is 12.2 Å². The molecule has 0 spiro atoms. The van der Waals surface area contributed by atoms with Crippen LogP contribution in [0.2, 0.25) is 0 Å². The van der Waals surface area contributed by atoms with E-state index in [0.29, 0.717) is 36.4 Å². The number of para-hydroxylation sites is 1. The fourth-order valence-electron chi connectivity index (χ4n) is 9.48. The predicted molar refractivity (Wildman–Crippen MR) is 159 cm³/mol. The smallest absolute Gasteiger partial charge is 0.193 e. The zero-order chi connectivity index (χ0) is 30.1. The van der Waals surface area contributed by atoms with Crippen LogP contribution < -0.4 is 10.5 Å². The Bertz CT molecular complexity index is 1530. The largest absolute Gasteiger partial charge is 0.488 e. The number of benzene rings is 2. The Morgan fingerprint density at radius 3 is 2.77 bits per heavy atom. The summed E-state index contributed by atoms with van der Waals surface area (Å²) in [5, 5.41) is 22.1. The number of carbonyl (C=O) groups is 2. The van der Waals surface area contributed by atoms with Crippen LogP contribution in [-0.2, 0) is 25.7 Å². The molecule has 7 rings (SSSR count). The van der Waals surface area contributed by atoms with E-state index in [1.807, 2.05) is 61.5 Å². The molecule has 8 heteroatoms. The van der Waals surface area contributed by atoms with Gasteiger partial charge < -0.3 is 30.2 Å². The number of carbonyl (C=O) groups excluding carboxylic acids is 2. The quantitative estimate of drug-likeness (QED) is 0.425. The summed E-state index contributed by atoms with van der Waals surface area (Å²) in [6.45, 7) is 3.77. The van der Waals surface area contributed by atoms with Gasteiger partial charge in [0.25, 0.3) is 0 Å². The Labute approximate surface area is 251 Å². The summed E-state index contributed by atoms with van der Waals surface area (Å²) in [7, 11) is 0. The van der Waals surface area contributed by atoms with Gasteiger partial charge >= 0.3 is 0 Å². The second-order valence-corrected chi connectivity index (χ2v) is 13.4. The van der Waals surface area contributed by atoms with Crippen molar-refractivity contribution in [1.29, 1.82) is 0 Å². The molecule has 3 saturated carbocycles. The summed E-state index contributed by atoms with van der Waals surface area (Å²) < 4.78 is 19.6. The second-order valence-electron chi connectivity index (χ2n) is 13.4. The Morgan fingerprint density at radius 2 is 1.98 bits per heavy atom. The molecule has 1 heterocycles. The third-order valence-electron chi connectivity index (χ3n) is 11.3. The van der Waals surface area contributed by atoms with Gasteiger partial charge in [-0.05, 0) is 73.4 Å². The van der Waals surface area contributed by atoms with Crippen molar-refractivity contribution < 1.29 is 34.0 Å². The van der Waals surface area contributed by atoms with Gasteiger partial charge in [0.15, 0.2) is 23.5 Å². The number of nitrogens with two attached hydrogens (primary N) is 1. The van der Waals surface area contributed by atoms with Crippen LogP contribution in [-0.4, -0.2) is 46.2 Å². The molecule has 0 aromatic heterocycles. The number of aliphatic hydroxyl groups is 2. The first-order valence-electron chi connectivity index (χ1n) is 15.3. The molecule has 8 nitrogen and oxygen atoms in total. The maximum atomic E-state index is 13.8. The summed E-state index contributed by atoms with van der Waals surface area (Å²) in [6, 6.07) is 15.0. The zero-order valence-corrected chi connectivity index (χ0v) is 24.6. The van der Waals surface area contributed by atoms with Crippen LogP contribution in [0.4, 0.5) is 5.69 Å². The molecule has 0 bridgehead atoms. The molecular formula is C35H39NO7. The number of Topliss-reactive ketones (excluding diaryl/α,β-unsaturated/α-hetero) is 1. The minimum absolute atomic E-state index is 0.00559. The summed E-state index contributed by atoms with van der Waals surface area (Å²) >= 11 is 0. The van der Waals surface area contributed by atoms with E-state index in [4.69, 9.17) is 19.9 Å². The summed E-state index contributed by atoms with van der Waals surface area (Å²) in [4.78, 5) is 26.0. The molecule has 9 atom stereocenters. The molecule has 4 N–H and O–H groups in total. The van der Waals surface area contributed by atoms with Crippen molar-refractivity contribution in [2.24, 2.45) is 28.6 Å². The van der Waals surface area contributed by atoms with E-state index in [0.717, 1.165) is 24.0 Å². The third kappa shape index (κ3) is 4.10. The SMILES string of the molecule is C[C@]12C=CC(=O)C=C1CC[C@@H]1[C@@H]2[C@@H](O)C[C@@]2(C)[C@H]1C[C@H]1O[C@@H](c3ccccc3OCc3cccc(N)c3)O[C@]12C(=O)CO. The Balaban J connectivity index is 1.21. The lowest BCUT2D eigenvalue weighted by molar-refractivity contribution is -0.201. The summed E-state index contributed by atoms with van der Waals surface area (Å²) in [6.07, 6.45) is 5.62. The highest BCUT2D eigenvalue weighted by Gasteiger charge is 2.76. The van der Waals surface area contributed by atoms with E-state index >= 15 is 0 Å². The van der Waals surface area contributed by atoms with Crippen molar-refractivity contribution in [2.45, 2.75) is 70.2 Å². The van der Waals surface area contributed by atoms with Crippen molar-refractivity contribution in [1.82, 2.24) is 0 Å². The molecule has 0 radical (unpaired) electrons. The van der Waals surface area contributed by atoms with Crippen molar-refractivity contribution in [2.75, 3.05) is 12.3 Å². The first kappa shape index (κ1) is 28.5. The number of hydrogen-bond acceptors (Lipinski definition) is 8. The molecule has 43 heavy (non-hydrogen) atoms. The Hall–Kier alpha value is -3.30. The van der Waals surface area contributed by atoms with Gasteiger partial charge in [-0.1, -0.05) is 55.8 Å². The minimum Gasteiger partial charge on any atom is -0.488 e. The van der Waals surface area contributed by atoms with Crippen LogP contribution in [0.15, 0.2) is 72.3 Å². The predicted octanol–water partition coefficient (Wildman–Crippen LogP) is 4.45. The van der Waals surface area contributed by atoms with Gasteiger partial charge in [0.05, 0.1) is 12.2 Å². The van der Waals surface area contributed by atoms with Crippen molar-refractivity contribution in [3.8, 4) is 5.75 Å². The maximum Gasteiger partial charge on any atom is 0.193 e. The van der Waals surface area contributed by atoms with E-state index < -0.39 is 47.3 Å². The van der Waals surface area contributed by atoms with Gasteiger partial charge in [-0.2, -0.15) is 0 Å². The monoisotopic (exact) mass is 585 g/mol. The first-order chi connectivity index (χ1) is 20.6. The number of hydrogen-bond donors (Lipinski definition) is 3. The number of ether oxygens (including phenoxy) is 3. The average Bonchev–Trinajstić information content (AvgIpc) is 3.49. The van der Waals surface area contributed by atoms with E-state index in [-0.39, 0.29) is 23.5 Å². The fraction of sp³-hybridized carbons (Fsp3) is 0.486. The van der Waals surface area contributed by atoms with Gasteiger partial charge in [-0.25, -0.2) is 0 Å². The number of rotatable bonds is 6. The molecule has 4 aliphatic carbocycles. The first-order valence-corrected chi connectivity index (χ1v) is 15.3. The van der Waals surface area contributed by atoms with E-state index in [2.05, 4.69) is 6.92 Å². The Kier molecular flexibility index (Phi) is 6.70. The molecule has 2 aromatic rings. The number of anilines is 1. The standard InChI is InChI=1S/C35H39NO7/c1-33-13-12-23(38)15-21(33)10-11-24-26-16-30-35(29(40)18-37,34(26,2)17-27(39)31(24)33)43-32(42-30)25-8-3-4-9-28(25)41-19-20-6-5-7-22(36)14-20/h3-9,12-15,24,26-27,30-32,37,39H,10-11,16-19,36H2,1-2H3/t24-,26-,27-,30+,31+,32+,33-,34-,35+/m0/s1. The number of ketones is 2. The highest BCUT2D eigenvalue weighted by atomic mass is 16.7. The topological polar surface area (TPSA) is 128 Å². The molecule has 0 unspecified atom stereocenters. The van der Waals surface area contributed by atoms with Crippen LogP contribution in [0.5, 0.6) is 5.75 Å². The van der Waals surface area contributed by atoms with Crippen LogP contribution in [0.1, 0.15) is 56.9 Å². The van der Waals surface area contributed by atoms with E-state index in [9.17, 15) is 19.8 Å². The number of fused-ring (bicyclic) bond motifs is 7. The highest BCUT2D eigenvalue weighted by molar-refractivity contribution is 6.01. The molecule has 1 saturated heterocycles. The molecule has 4 fully saturated rings. The molecule has 2 aromatic carbocycles. The zero-order valence-electron chi connectivity index (χ0n) is 24.6. The molecule has 5 aliphatic rings. The Morgan fingerprint density at radius 1 is 1.16 bits per heavy atom. The van der Waals surface area contributed by atoms with Gasteiger partial charge in [0, 0.05) is 28.0 Å². The average molecular weight is 586 g/mol. The summed E-state index contributed by atoms with van der Waals surface area (Å²) in [5.74, 6) is 0.190. The van der Waals surface area contributed by atoms with Gasteiger partial charge in [0.1, 0.15) is 19.0 Å². The van der Waals surface area contributed by atoms with Crippen LogP contribution in [0.25, 0.3) is 0 Å². The lowest BCUT2D eigenvalue weighted by Gasteiger charge is -2.59. The molecule has 0 amide bonds. The number of aliphatic hydroxyl groups excluding tert-OH is 2. The van der Waals surface area contributed by atoms with Gasteiger partial charge in [-0.15, -0.1) is 0 Å². The van der Waals surface area contributed by atoms with Crippen LogP contribution in [0.3, 0.4) is 0 Å². The summed E-state index contributed by atoms with van der Waals surface area (Å²) in [5.41, 5.74) is 6.65. The third-order valence-corrected chi connectivity index (χ3v) is 11.3. The number of nitrogen functional groups attached to an aromatic ring is 1. The van der Waals surface area contributed by atoms with Crippen LogP contribution >= 0.6 is 0 Å². The number of allylic oxidation sites excluding steroid dienone is 4. The highest BCUT2D eigenvalue weighted by Crippen LogP contribution is 2.70. The van der Waals surface area contributed by atoms with E-state index in [1.165, 1.54) is 0 Å². The van der Waals surface area contributed by atoms with Gasteiger partial charge in [0.2, 0.25) is 0 Å². The van der Waals surface area contributed by atoms with Crippen molar-refractivity contribution >= 4 is 17.3 Å². The normalized spacial score (nSPS) is 39.3. The molecule has 226 valence electrons. The van der Waals surface area contributed by atoms with Crippen LogP contribution in [0, 0.1) is 28.6 Å².